The Kier molecular flexibility index (Phi) is 7.17. The summed E-state index contributed by atoms with van der Waals surface area (Å²) in [6, 6.07) is 17.0. The molecule has 2 rings (SSSR count). The Bertz CT molecular complexity index is 841. The molecule has 1 N–H and O–H groups in total. The molecule has 0 aliphatic rings. The maximum Gasteiger partial charge on any atom is 0.0640 e. The van der Waals surface area contributed by atoms with Crippen LogP contribution in [0.5, 0.6) is 0 Å². The Morgan fingerprint density at radius 2 is 1.96 bits per heavy atom. The van der Waals surface area contributed by atoms with Gasteiger partial charge in [-0.25, -0.2) is 0 Å². The predicted molar refractivity (Wildman–Crippen MR) is 111 cm³/mol. The number of rotatable bonds is 7. The number of hydrogen-bond donors (Lipinski definition) is 1. The summed E-state index contributed by atoms with van der Waals surface area (Å²) in [5.41, 5.74) is 7.12. The molecule has 0 aliphatic carbocycles. The lowest BCUT2D eigenvalue weighted by molar-refractivity contribution is 0.911. The first-order valence-corrected chi connectivity index (χ1v) is 9.04. The number of nitrogens with zero attached hydrogens (tertiary/aromatic N) is 2. The van der Waals surface area contributed by atoms with Crippen LogP contribution in [0.4, 0.5) is 5.69 Å². The summed E-state index contributed by atoms with van der Waals surface area (Å²) < 4.78 is 0. The van der Waals surface area contributed by atoms with Crippen LogP contribution in [0.3, 0.4) is 0 Å². The number of nitriles is 1. The molecule has 3 heteroatoms. The molecule has 0 heterocycles. The fourth-order valence-corrected chi connectivity index (χ4v) is 3.15. The first-order chi connectivity index (χ1) is 12.6. The highest BCUT2D eigenvalue weighted by molar-refractivity contribution is 5.58. The predicted octanol–water partition coefficient (Wildman–Crippen LogP) is 5.76. The van der Waals surface area contributed by atoms with Crippen LogP contribution in [0.2, 0.25) is 0 Å². The molecule has 0 saturated heterocycles. The summed E-state index contributed by atoms with van der Waals surface area (Å²) in [6.45, 7) is 8.96. The third-order valence-corrected chi connectivity index (χ3v) is 4.61. The molecule has 0 spiro atoms. The van der Waals surface area contributed by atoms with E-state index >= 15 is 0 Å². The summed E-state index contributed by atoms with van der Waals surface area (Å²) in [7, 11) is 0. The molecule has 134 valence electrons. The average Bonchev–Trinajstić information content (AvgIpc) is 2.65. The third-order valence-electron chi connectivity index (χ3n) is 4.61. The van der Waals surface area contributed by atoms with Gasteiger partial charge in [-0.3, -0.25) is 4.99 Å². The number of hydrogen-bond acceptors (Lipinski definition) is 3. The van der Waals surface area contributed by atoms with Gasteiger partial charge in [0.2, 0.25) is 0 Å². The van der Waals surface area contributed by atoms with E-state index < -0.39 is 0 Å². The van der Waals surface area contributed by atoms with E-state index in [2.05, 4.69) is 72.7 Å². The molecule has 0 aromatic heterocycles. The lowest BCUT2D eigenvalue weighted by atomic mass is 9.84. The van der Waals surface area contributed by atoms with Crippen molar-refractivity contribution in [1.29, 1.82) is 5.26 Å². The molecule has 0 fully saturated rings. The van der Waals surface area contributed by atoms with Crippen LogP contribution in [0.15, 0.2) is 59.2 Å². The van der Waals surface area contributed by atoms with E-state index in [0.717, 1.165) is 11.4 Å². The smallest absolute Gasteiger partial charge is 0.0640 e. The minimum atomic E-state index is 0.0776. The largest absolute Gasteiger partial charge is 0.384 e. The van der Waals surface area contributed by atoms with Gasteiger partial charge >= 0.3 is 0 Å². The fraction of sp³-hybridized carbons (Fsp3) is 0.304. The molecule has 2 aromatic carbocycles. The zero-order chi connectivity index (χ0) is 18.9. The van der Waals surface area contributed by atoms with Gasteiger partial charge < -0.3 is 5.32 Å². The molecular formula is C23H27N3. The van der Waals surface area contributed by atoms with E-state index in [0.29, 0.717) is 13.0 Å². The zero-order valence-corrected chi connectivity index (χ0v) is 16.1. The maximum atomic E-state index is 8.74. The Morgan fingerprint density at radius 3 is 2.65 bits per heavy atom. The van der Waals surface area contributed by atoms with E-state index in [-0.39, 0.29) is 5.92 Å². The topological polar surface area (TPSA) is 48.2 Å². The van der Waals surface area contributed by atoms with Gasteiger partial charge in [0, 0.05) is 24.1 Å². The molecule has 1 unspecified atom stereocenters. The standard InChI is InChI=1S/C23H27N3/c1-5-22(25-6-2)23(21-13-7-10-17(3)18(21)4)19-11-8-12-20(16-19)26-15-9-14-24/h5-8,10-13,16,23,26H,9,15H2,1-4H3/b22-5-,25-6?. The number of aliphatic imine (C=N–C) groups is 1. The van der Waals surface area contributed by atoms with E-state index in [1.54, 1.807) is 0 Å². The van der Waals surface area contributed by atoms with Crippen LogP contribution >= 0.6 is 0 Å². The molecule has 0 bridgehead atoms. The van der Waals surface area contributed by atoms with E-state index in [1.165, 1.54) is 22.3 Å². The van der Waals surface area contributed by atoms with Gasteiger partial charge in [-0.05, 0) is 62.1 Å². The second-order valence-electron chi connectivity index (χ2n) is 6.28. The van der Waals surface area contributed by atoms with Crippen LogP contribution in [0.25, 0.3) is 0 Å². The summed E-state index contributed by atoms with van der Waals surface area (Å²) in [5.74, 6) is 0.0776. The quantitative estimate of drug-likeness (QED) is 0.512. The lowest BCUT2D eigenvalue weighted by Crippen LogP contribution is -2.08. The fourth-order valence-electron chi connectivity index (χ4n) is 3.15. The first-order valence-electron chi connectivity index (χ1n) is 9.04. The van der Waals surface area contributed by atoms with Crippen molar-refractivity contribution in [2.45, 2.75) is 40.0 Å². The van der Waals surface area contributed by atoms with Crippen molar-refractivity contribution in [2.75, 3.05) is 11.9 Å². The van der Waals surface area contributed by atoms with Gasteiger partial charge in [-0.15, -0.1) is 0 Å². The molecule has 0 saturated carbocycles. The Morgan fingerprint density at radius 1 is 1.19 bits per heavy atom. The van der Waals surface area contributed by atoms with Crippen LogP contribution in [-0.2, 0) is 0 Å². The Hall–Kier alpha value is -2.86. The second kappa shape index (κ2) is 9.58. The minimum absolute atomic E-state index is 0.0776. The molecule has 0 radical (unpaired) electrons. The van der Waals surface area contributed by atoms with Gasteiger partial charge in [0.1, 0.15) is 0 Å². The highest BCUT2D eigenvalue weighted by Crippen LogP contribution is 2.36. The van der Waals surface area contributed by atoms with Crippen molar-refractivity contribution >= 4 is 11.9 Å². The first kappa shape index (κ1) is 19.5. The average molecular weight is 345 g/mol. The molecular weight excluding hydrogens is 318 g/mol. The van der Waals surface area contributed by atoms with Crippen LogP contribution in [0.1, 0.15) is 48.4 Å². The number of benzene rings is 2. The summed E-state index contributed by atoms with van der Waals surface area (Å²) in [5, 5.41) is 12.1. The number of anilines is 1. The van der Waals surface area contributed by atoms with Crippen molar-refractivity contribution in [3.05, 3.63) is 76.5 Å². The molecule has 2 aromatic rings. The number of aryl methyl sites for hydroxylation is 1. The normalized spacial score (nSPS) is 12.8. The Balaban J connectivity index is 2.53. The van der Waals surface area contributed by atoms with Gasteiger partial charge in [0.15, 0.2) is 0 Å². The van der Waals surface area contributed by atoms with Crippen molar-refractivity contribution in [1.82, 2.24) is 0 Å². The van der Waals surface area contributed by atoms with Crippen LogP contribution in [-0.4, -0.2) is 12.8 Å². The molecule has 3 nitrogen and oxygen atoms in total. The second-order valence-corrected chi connectivity index (χ2v) is 6.28. The Labute approximate surface area is 157 Å². The monoisotopic (exact) mass is 345 g/mol. The lowest BCUT2D eigenvalue weighted by Gasteiger charge is -2.22. The van der Waals surface area contributed by atoms with Crippen molar-refractivity contribution in [2.24, 2.45) is 4.99 Å². The highest BCUT2D eigenvalue weighted by atomic mass is 14.9. The summed E-state index contributed by atoms with van der Waals surface area (Å²) in [4.78, 5) is 4.64. The SMILES string of the molecule is CC=N/C(=C\C)C(c1cccc(NCCC#N)c1)c1cccc(C)c1C. The van der Waals surface area contributed by atoms with Gasteiger partial charge in [0.05, 0.1) is 18.4 Å². The summed E-state index contributed by atoms with van der Waals surface area (Å²) in [6.07, 6.45) is 4.43. The van der Waals surface area contributed by atoms with Gasteiger partial charge in [-0.1, -0.05) is 36.4 Å². The van der Waals surface area contributed by atoms with Gasteiger partial charge in [-0.2, -0.15) is 5.26 Å². The molecule has 0 amide bonds. The van der Waals surface area contributed by atoms with E-state index in [9.17, 15) is 0 Å². The minimum Gasteiger partial charge on any atom is -0.384 e. The molecule has 0 aliphatic heterocycles. The highest BCUT2D eigenvalue weighted by Gasteiger charge is 2.21. The van der Waals surface area contributed by atoms with Crippen molar-refractivity contribution in [3.63, 3.8) is 0 Å². The number of allylic oxidation sites excluding steroid dienone is 2. The van der Waals surface area contributed by atoms with Crippen LogP contribution in [0, 0.1) is 25.2 Å². The third kappa shape index (κ3) is 4.61. The summed E-state index contributed by atoms with van der Waals surface area (Å²) >= 11 is 0. The van der Waals surface area contributed by atoms with Crippen LogP contribution < -0.4 is 5.32 Å². The maximum absolute atomic E-state index is 8.74. The number of nitrogens with one attached hydrogen (secondary N) is 1. The molecule has 1 atom stereocenters. The van der Waals surface area contributed by atoms with E-state index in [4.69, 9.17) is 5.26 Å². The van der Waals surface area contributed by atoms with Gasteiger partial charge in [0.25, 0.3) is 0 Å². The van der Waals surface area contributed by atoms with Crippen molar-refractivity contribution in [3.8, 4) is 6.07 Å². The van der Waals surface area contributed by atoms with E-state index in [1.807, 2.05) is 26.1 Å². The van der Waals surface area contributed by atoms with Crippen molar-refractivity contribution < 1.29 is 0 Å². The molecule has 26 heavy (non-hydrogen) atoms. The zero-order valence-electron chi connectivity index (χ0n) is 16.1.